The Labute approximate surface area is 116 Å². The third-order valence-corrected chi connectivity index (χ3v) is 4.31. The summed E-state index contributed by atoms with van der Waals surface area (Å²) in [6, 6.07) is 2.65. The number of carbonyl (C=O) groups is 1. The molecule has 0 radical (unpaired) electrons. The second-order valence-corrected chi connectivity index (χ2v) is 5.82. The summed E-state index contributed by atoms with van der Waals surface area (Å²) in [6.07, 6.45) is 10.3. The minimum absolute atomic E-state index is 0.446. The number of Topliss-reactive ketones (excluding diaryl/α,β-unsaturated/α-hetero) is 1. The largest absolute Gasteiger partial charge is 0.300 e. The Bertz CT molecular complexity index is 407. The average Bonchev–Trinajstić information content (AvgIpc) is 2.74. The molecule has 1 aromatic heterocycles. The van der Waals surface area contributed by atoms with E-state index < -0.39 is 0 Å². The van der Waals surface area contributed by atoms with Gasteiger partial charge in [0.25, 0.3) is 0 Å². The van der Waals surface area contributed by atoms with Gasteiger partial charge in [-0.2, -0.15) is 5.10 Å². The molecule has 0 aromatic carbocycles. The van der Waals surface area contributed by atoms with Crippen molar-refractivity contribution in [3.8, 4) is 0 Å². The Morgan fingerprint density at radius 3 is 2.89 bits per heavy atom. The van der Waals surface area contributed by atoms with E-state index in [0.717, 1.165) is 44.2 Å². The van der Waals surface area contributed by atoms with Gasteiger partial charge >= 0.3 is 0 Å². The first-order chi connectivity index (χ1) is 9.22. The van der Waals surface area contributed by atoms with Crippen molar-refractivity contribution in [3.05, 3.63) is 18.0 Å². The minimum Gasteiger partial charge on any atom is -0.300 e. The molecule has 3 heteroatoms. The van der Waals surface area contributed by atoms with Gasteiger partial charge in [-0.3, -0.25) is 9.48 Å². The van der Waals surface area contributed by atoms with E-state index >= 15 is 0 Å². The summed E-state index contributed by atoms with van der Waals surface area (Å²) in [5.74, 6) is 0.960. The van der Waals surface area contributed by atoms with Gasteiger partial charge in [0.1, 0.15) is 5.78 Å². The van der Waals surface area contributed by atoms with E-state index in [1.54, 1.807) is 0 Å². The Kier molecular flexibility index (Phi) is 5.17. The van der Waals surface area contributed by atoms with E-state index in [4.69, 9.17) is 5.10 Å². The maximum atomic E-state index is 11.7. The van der Waals surface area contributed by atoms with Gasteiger partial charge in [-0.15, -0.1) is 0 Å². The highest BCUT2D eigenvalue weighted by molar-refractivity contribution is 5.78. The van der Waals surface area contributed by atoms with Crippen LogP contribution >= 0.6 is 0 Å². The smallest absolute Gasteiger partial charge is 0.133 e. The van der Waals surface area contributed by atoms with Crippen LogP contribution in [0.4, 0.5) is 0 Å². The van der Waals surface area contributed by atoms with Gasteiger partial charge in [0, 0.05) is 19.0 Å². The quantitative estimate of drug-likeness (QED) is 0.753. The highest BCUT2D eigenvalue weighted by Gasteiger charge is 2.19. The van der Waals surface area contributed by atoms with Gasteiger partial charge in [-0.1, -0.05) is 20.3 Å². The monoisotopic (exact) mass is 262 g/mol. The maximum Gasteiger partial charge on any atom is 0.133 e. The van der Waals surface area contributed by atoms with Crippen LogP contribution in [0.3, 0.4) is 0 Å². The van der Waals surface area contributed by atoms with E-state index in [1.807, 2.05) is 0 Å². The molecule has 0 N–H and O–H groups in total. The molecule has 1 aliphatic rings. The van der Waals surface area contributed by atoms with Gasteiger partial charge in [0.15, 0.2) is 0 Å². The van der Waals surface area contributed by atoms with Crippen molar-refractivity contribution in [2.24, 2.45) is 5.92 Å². The molecule has 0 aliphatic heterocycles. The highest BCUT2D eigenvalue weighted by atomic mass is 16.1. The molecule has 1 fully saturated rings. The molecule has 1 aromatic rings. The minimum atomic E-state index is 0.446. The number of carbonyl (C=O) groups excluding carboxylic acids is 1. The predicted octanol–water partition coefficient (Wildman–Crippen LogP) is 3.94. The molecule has 1 saturated carbocycles. The van der Waals surface area contributed by atoms with Crippen LogP contribution in [0.2, 0.25) is 0 Å². The number of hydrogen-bond donors (Lipinski definition) is 0. The molecule has 1 atom stereocenters. The number of hydrogen-bond acceptors (Lipinski definition) is 2. The van der Waals surface area contributed by atoms with Gasteiger partial charge in [-0.25, -0.2) is 0 Å². The summed E-state index contributed by atoms with van der Waals surface area (Å²) < 4.78 is 2.11. The van der Waals surface area contributed by atoms with Crippen molar-refractivity contribution in [1.29, 1.82) is 0 Å². The molecule has 19 heavy (non-hydrogen) atoms. The lowest BCUT2D eigenvalue weighted by Gasteiger charge is -2.13. The van der Waals surface area contributed by atoms with Crippen LogP contribution < -0.4 is 0 Å². The van der Waals surface area contributed by atoms with Gasteiger partial charge in [-0.05, 0) is 44.1 Å². The van der Waals surface area contributed by atoms with Crippen LogP contribution in [0, 0.1) is 5.92 Å². The van der Waals surface area contributed by atoms with Crippen LogP contribution in [0.15, 0.2) is 12.3 Å². The second-order valence-electron chi connectivity index (χ2n) is 5.82. The van der Waals surface area contributed by atoms with Gasteiger partial charge < -0.3 is 0 Å². The molecule has 1 unspecified atom stereocenters. The Morgan fingerprint density at radius 2 is 2.16 bits per heavy atom. The van der Waals surface area contributed by atoms with E-state index in [0.29, 0.717) is 17.7 Å². The van der Waals surface area contributed by atoms with E-state index in [-0.39, 0.29) is 0 Å². The fourth-order valence-corrected chi connectivity index (χ4v) is 3.10. The zero-order valence-corrected chi connectivity index (χ0v) is 12.3. The summed E-state index contributed by atoms with van der Waals surface area (Å²) in [4.78, 5) is 11.7. The fourth-order valence-electron chi connectivity index (χ4n) is 3.10. The number of rotatable bonds is 5. The first-order valence-corrected chi connectivity index (χ1v) is 7.78. The van der Waals surface area contributed by atoms with E-state index in [2.05, 4.69) is 30.8 Å². The third-order valence-electron chi connectivity index (χ3n) is 4.31. The molecule has 1 aliphatic carbocycles. The Morgan fingerprint density at radius 1 is 1.37 bits per heavy atom. The van der Waals surface area contributed by atoms with Crippen molar-refractivity contribution in [2.75, 3.05) is 0 Å². The highest BCUT2D eigenvalue weighted by Crippen LogP contribution is 2.24. The standard InChI is InChI=1S/C16H26N2O/c1-3-15(4-2)18-10-9-14(17-18)11-13-7-5-6-8-16(19)12-13/h9-10,13,15H,3-8,11-12H2,1-2H3. The first-order valence-electron chi connectivity index (χ1n) is 7.78. The van der Waals surface area contributed by atoms with E-state index in [1.165, 1.54) is 12.8 Å². The predicted molar refractivity (Wildman–Crippen MR) is 77.1 cm³/mol. The zero-order chi connectivity index (χ0) is 13.7. The summed E-state index contributed by atoms with van der Waals surface area (Å²) in [7, 11) is 0. The Hall–Kier alpha value is -1.12. The first kappa shape index (κ1) is 14.3. The van der Waals surface area contributed by atoms with Crippen molar-refractivity contribution in [1.82, 2.24) is 9.78 Å². The maximum absolute atomic E-state index is 11.7. The summed E-state index contributed by atoms with van der Waals surface area (Å²) in [5, 5.41) is 4.71. The lowest BCUT2D eigenvalue weighted by atomic mass is 9.95. The van der Waals surface area contributed by atoms with Crippen LogP contribution in [-0.2, 0) is 11.2 Å². The molecule has 106 valence electrons. The van der Waals surface area contributed by atoms with Crippen molar-refractivity contribution < 1.29 is 4.79 Å². The van der Waals surface area contributed by atoms with E-state index in [9.17, 15) is 4.79 Å². The summed E-state index contributed by atoms with van der Waals surface area (Å²) in [6.45, 7) is 4.42. The normalized spacial score (nSPS) is 20.8. The third kappa shape index (κ3) is 3.92. The topological polar surface area (TPSA) is 34.9 Å². The second kappa shape index (κ2) is 6.88. The molecular formula is C16H26N2O. The SMILES string of the molecule is CCC(CC)n1ccc(CC2CCCCC(=O)C2)n1. The van der Waals surface area contributed by atoms with Crippen LogP contribution in [0.1, 0.15) is 70.5 Å². The van der Waals surface area contributed by atoms with Gasteiger partial charge in [0.05, 0.1) is 11.7 Å². The molecule has 2 rings (SSSR count). The average molecular weight is 262 g/mol. The molecule has 0 saturated heterocycles. The van der Waals surface area contributed by atoms with Crippen LogP contribution in [-0.4, -0.2) is 15.6 Å². The fraction of sp³-hybridized carbons (Fsp3) is 0.750. The molecule has 3 nitrogen and oxygen atoms in total. The van der Waals surface area contributed by atoms with Crippen LogP contribution in [0.5, 0.6) is 0 Å². The molecule has 1 heterocycles. The molecular weight excluding hydrogens is 236 g/mol. The number of nitrogens with zero attached hydrogens (tertiary/aromatic N) is 2. The molecule has 0 bridgehead atoms. The van der Waals surface area contributed by atoms with Gasteiger partial charge in [0.2, 0.25) is 0 Å². The van der Waals surface area contributed by atoms with Crippen molar-refractivity contribution >= 4 is 5.78 Å². The van der Waals surface area contributed by atoms with Crippen molar-refractivity contribution in [3.63, 3.8) is 0 Å². The van der Waals surface area contributed by atoms with Crippen molar-refractivity contribution in [2.45, 2.75) is 71.3 Å². The molecule has 0 spiro atoms. The lowest BCUT2D eigenvalue weighted by molar-refractivity contribution is -0.119. The van der Waals surface area contributed by atoms with Crippen LogP contribution in [0.25, 0.3) is 0 Å². The number of ketones is 1. The summed E-state index contributed by atoms with van der Waals surface area (Å²) >= 11 is 0. The summed E-state index contributed by atoms with van der Waals surface area (Å²) in [5.41, 5.74) is 1.16. The zero-order valence-electron chi connectivity index (χ0n) is 12.3. The molecule has 0 amide bonds. The Balaban J connectivity index is 1.97. The lowest BCUT2D eigenvalue weighted by Crippen LogP contribution is -2.11. The number of aromatic nitrogens is 2.